The van der Waals surface area contributed by atoms with E-state index in [9.17, 15) is 0 Å². The molecule has 0 aromatic heterocycles. The first-order valence-corrected chi connectivity index (χ1v) is 7.29. The summed E-state index contributed by atoms with van der Waals surface area (Å²) in [5, 5.41) is 3.59. The smallest absolute Gasteiger partial charge is 0.156 e. The van der Waals surface area contributed by atoms with Gasteiger partial charge in [0.15, 0.2) is 5.50 Å². The van der Waals surface area contributed by atoms with Gasteiger partial charge in [-0.05, 0) is 24.6 Å². The molecule has 94 valence electrons. The summed E-state index contributed by atoms with van der Waals surface area (Å²) in [7, 11) is 0. The number of para-hydroxylation sites is 1. The lowest BCUT2D eigenvalue weighted by Crippen LogP contribution is -2.28. The Morgan fingerprint density at radius 3 is 2.68 bits per heavy atom. The molecule has 0 bridgehead atoms. The second-order valence-electron chi connectivity index (χ2n) is 4.90. The van der Waals surface area contributed by atoms with E-state index in [4.69, 9.17) is 0 Å². The minimum Gasteiger partial charge on any atom is -0.354 e. The maximum atomic E-state index is 3.59. The molecule has 2 aliphatic heterocycles. The fourth-order valence-electron chi connectivity index (χ4n) is 2.51. The van der Waals surface area contributed by atoms with E-state index in [0.29, 0.717) is 5.50 Å². The van der Waals surface area contributed by atoms with Crippen molar-refractivity contribution in [1.29, 1.82) is 0 Å². The van der Waals surface area contributed by atoms with Gasteiger partial charge >= 0.3 is 0 Å². The number of nitrogens with zero attached hydrogens (tertiary/aromatic N) is 1. The largest absolute Gasteiger partial charge is 0.354 e. The van der Waals surface area contributed by atoms with Crippen molar-refractivity contribution in [2.45, 2.75) is 17.3 Å². The van der Waals surface area contributed by atoms with Gasteiger partial charge in [0.05, 0.1) is 11.4 Å². The molecule has 0 fully saturated rings. The van der Waals surface area contributed by atoms with Crippen LogP contribution in [0.5, 0.6) is 0 Å². The van der Waals surface area contributed by atoms with E-state index in [1.165, 1.54) is 27.4 Å². The first kappa shape index (κ1) is 11.0. The van der Waals surface area contributed by atoms with Gasteiger partial charge in [0.1, 0.15) is 0 Å². The van der Waals surface area contributed by atoms with Crippen molar-refractivity contribution < 1.29 is 0 Å². The minimum absolute atomic E-state index is 0.300. The van der Waals surface area contributed by atoms with Gasteiger partial charge in [-0.15, -0.1) is 0 Å². The molecule has 1 atom stereocenters. The average Bonchev–Trinajstić information content (AvgIpc) is 2.97. The molecule has 2 aromatic rings. The molecule has 0 radical (unpaired) electrons. The predicted octanol–water partition coefficient (Wildman–Crippen LogP) is 3.79. The number of hydrogen-bond donors (Lipinski definition) is 1. The Labute approximate surface area is 117 Å². The molecule has 1 N–H and O–H groups in total. The molecule has 3 heteroatoms. The van der Waals surface area contributed by atoms with Gasteiger partial charge in [0, 0.05) is 11.1 Å². The lowest BCUT2D eigenvalue weighted by Gasteiger charge is -2.15. The number of anilines is 1. The Bertz CT molecular complexity index is 661. The normalized spacial score (nSPS) is 19.7. The third-order valence-corrected chi connectivity index (χ3v) is 4.71. The summed E-state index contributed by atoms with van der Waals surface area (Å²) >= 11 is 1.87. The first-order valence-electron chi connectivity index (χ1n) is 6.41. The van der Waals surface area contributed by atoms with Gasteiger partial charge in [-0.1, -0.05) is 53.7 Å². The lowest BCUT2D eigenvalue weighted by molar-refractivity contribution is 0.859. The van der Waals surface area contributed by atoms with Crippen LogP contribution < -0.4 is 10.2 Å². The summed E-state index contributed by atoms with van der Waals surface area (Å²) < 4.78 is 0. The maximum Gasteiger partial charge on any atom is 0.156 e. The summed E-state index contributed by atoms with van der Waals surface area (Å²) in [6.07, 6.45) is 2.22. The molecule has 2 nitrogen and oxygen atoms in total. The zero-order valence-corrected chi connectivity index (χ0v) is 11.4. The van der Waals surface area contributed by atoms with Gasteiger partial charge in [-0.25, -0.2) is 0 Å². The van der Waals surface area contributed by atoms with E-state index in [-0.39, 0.29) is 0 Å². The van der Waals surface area contributed by atoms with Crippen LogP contribution in [-0.4, -0.2) is 5.50 Å². The SMILES string of the molecule is Cc1ccc(C2=CN3c4ccccc4S[C@H]3N2)cc1. The van der Waals surface area contributed by atoms with Crippen molar-refractivity contribution in [3.8, 4) is 0 Å². The Morgan fingerprint density at radius 1 is 1.05 bits per heavy atom. The molecule has 2 aliphatic rings. The monoisotopic (exact) mass is 266 g/mol. The van der Waals surface area contributed by atoms with Gasteiger partial charge < -0.3 is 10.2 Å². The van der Waals surface area contributed by atoms with Gasteiger partial charge in [0.25, 0.3) is 0 Å². The van der Waals surface area contributed by atoms with Crippen LogP contribution in [0.3, 0.4) is 0 Å². The van der Waals surface area contributed by atoms with E-state index in [0.717, 1.165) is 0 Å². The predicted molar refractivity (Wildman–Crippen MR) is 80.9 cm³/mol. The molecule has 0 aliphatic carbocycles. The number of hydrogen-bond acceptors (Lipinski definition) is 3. The molecule has 0 amide bonds. The van der Waals surface area contributed by atoms with E-state index in [1.54, 1.807) is 0 Å². The Morgan fingerprint density at radius 2 is 1.84 bits per heavy atom. The Balaban J connectivity index is 1.71. The molecule has 0 saturated heterocycles. The Kier molecular flexibility index (Phi) is 2.35. The summed E-state index contributed by atoms with van der Waals surface area (Å²) in [4.78, 5) is 3.66. The molecular weight excluding hydrogens is 252 g/mol. The number of thioether (sulfide) groups is 1. The molecule has 4 rings (SSSR count). The Hall–Kier alpha value is -1.87. The fraction of sp³-hybridized carbons (Fsp3) is 0.125. The zero-order chi connectivity index (χ0) is 12.8. The van der Waals surface area contributed by atoms with E-state index in [2.05, 4.69) is 71.9 Å². The quantitative estimate of drug-likeness (QED) is 0.845. The highest BCUT2D eigenvalue weighted by molar-refractivity contribution is 8.00. The van der Waals surface area contributed by atoms with Crippen LogP contribution >= 0.6 is 11.8 Å². The zero-order valence-electron chi connectivity index (χ0n) is 10.6. The summed E-state index contributed by atoms with van der Waals surface area (Å²) in [5.74, 6) is 0. The lowest BCUT2D eigenvalue weighted by atomic mass is 10.1. The molecule has 0 spiro atoms. The number of benzene rings is 2. The van der Waals surface area contributed by atoms with E-state index < -0.39 is 0 Å². The topological polar surface area (TPSA) is 15.3 Å². The van der Waals surface area contributed by atoms with Crippen molar-refractivity contribution in [2.75, 3.05) is 4.90 Å². The number of nitrogens with one attached hydrogen (secondary N) is 1. The van der Waals surface area contributed by atoms with Crippen molar-refractivity contribution in [3.63, 3.8) is 0 Å². The van der Waals surface area contributed by atoms with Crippen molar-refractivity contribution in [3.05, 3.63) is 65.9 Å². The third-order valence-electron chi connectivity index (χ3n) is 3.54. The molecule has 19 heavy (non-hydrogen) atoms. The van der Waals surface area contributed by atoms with E-state index in [1.807, 2.05) is 11.8 Å². The van der Waals surface area contributed by atoms with Crippen LogP contribution in [0.1, 0.15) is 11.1 Å². The summed E-state index contributed by atoms with van der Waals surface area (Å²) in [5.41, 5.74) is 5.34. The van der Waals surface area contributed by atoms with Crippen LogP contribution in [0.25, 0.3) is 5.70 Å². The number of rotatable bonds is 1. The highest BCUT2D eigenvalue weighted by atomic mass is 32.2. The van der Waals surface area contributed by atoms with Crippen LogP contribution in [0, 0.1) is 6.92 Å². The van der Waals surface area contributed by atoms with Gasteiger partial charge in [-0.2, -0.15) is 0 Å². The molecule has 2 aromatic carbocycles. The molecule has 0 unspecified atom stereocenters. The van der Waals surface area contributed by atoms with E-state index >= 15 is 0 Å². The van der Waals surface area contributed by atoms with Crippen LogP contribution in [-0.2, 0) is 0 Å². The molecule has 0 saturated carbocycles. The molecular formula is C16H14N2S. The number of aryl methyl sites for hydroxylation is 1. The third kappa shape index (κ3) is 1.73. The highest BCUT2D eigenvalue weighted by Crippen LogP contribution is 2.45. The minimum atomic E-state index is 0.300. The standard InChI is InChI=1S/C16H14N2S/c1-11-6-8-12(9-7-11)13-10-18-14-4-2-3-5-15(14)19-16(18)17-13/h2-10,16-17H,1H3/t16-/m0/s1. The summed E-state index contributed by atoms with van der Waals surface area (Å²) in [6.45, 7) is 2.12. The van der Waals surface area contributed by atoms with Gasteiger partial charge in [0.2, 0.25) is 0 Å². The first-order chi connectivity index (χ1) is 9.31. The van der Waals surface area contributed by atoms with Crippen LogP contribution in [0.15, 0.2) is 59.6 Å². The van der Waals surface area contributed by atoms with Gasteiger partial charge in [-0.3, -0.25) is 0 Å². The molecule has 2 heterocycles. The van der Waals surface area contributed by atoms with Crippen molar-refractivity contribution >= 4 is 23.1 Å². The number of fused-ring (bicyclic) bond motifs is 3. The van der Waals surface area contributed by atoms with Crippen molar-refractivity contribution in [1.82, 2.24) is 5.32 Å². The maximum absolute atomic E-state index is 3.59. The van der Waals surface area contributed by atoms with Crippen LogP contribution in [0.4, 0.5) is 5.69 Å². The highest BCUT2D eigenvalue weighted by Gasteiger charge is 2.33. The fourth-order valence-corrected chi connectivity index (χ4v) is 3.68. The van der Waals surface area contributed by atoms with Crippen LogP contribution in [0.2, 0.25) is 0 Å². The second kappa shape index (κ2) is 4.07. The van der Waals surface area contributed by atoms with Crippen molar-refractivity contribution in [2.24, 2.45) is 0 Å². The summed E-state index contributed by atoms with van der Waals surface area (Å²) in [6, 6.07) is 17.2. The average molecular weight is 266 g/mol. The second-order valence-corrected chi connectivity index (χ2v) is 6.02.